The van der Waals surface area contributed by atoms with Crippen LogP contribution < -0.4 is 0 Å². The van der Waals surface area contributed by atoms with E-state index >= 15 is 0 Å². The van der Waals surface area contributed by atoms with E-state index in [1.54, 1.807) is 24.0 Å². The van der Waals surface area contributed by atoms with E-state index in [0.717, 1.165) is 36.4 Å². The van der Waals surface area contributed by atoms with Crippen LogP contribution in [0.2, 0.25) is 0 Å². The number of aromatic nitrogens is 3. The molecule has 6 nitrogen and oxygen atoms in total. The molecule has 1 saturated heterocycles. The summed E-state index contributed by atoms with van der Waals surface area (Å²) in [7, 11) is 1.79. The summed E-state index contributed by atoms with van der Waals surface area (Å²) < 4.78 is 6.86. The van der Waals surface area contributed by atoms with Crippen LogP contribution in [0.3, 0.4) is 0 Å². The zero-order valence-corrected chi connectivity index (χ0v) is 12.0. The van der Waals surface area contributed by atoms with Crippen molar-refractivity contribution in [2.45, 2.75) is 32.7 Å². The zero-order valence-electron chi connectivity index (χ0n) is 12.0. The number of hydrogen-bond donors (Lipinski definition) is 0. The maximum Gasteiger partial charge on any atom is 0.272 e. The fourth-order valence-electron chi connectivity index (χ4n) is 3.01. The Morgan fingerprint density at radius 3 is 2.85 bits per heavy atom. The van der Waals surface area contributed by atoms with Gasteiger partial charge in [0.15, 0.2) is 0 Å². The van der Waals surface area contributed by atoms with Crippen LogP contribution >= 0.6 is 0 Å². The SMILES string of the molecule is Cc1noc(C)c1[C@@H]1CCCN1C(=O)c1ccnn1C. The first-order chi connectivity index (χ1) is 9.59. The molecule has 0 aromatic carbocycles. The van der Waals surface area contributed by atoms with Crippen molar-refractivity contribution in [3.8, 4) is 0 Å². The number of nitrogens with zero attached hydrogens (tertiary/aromatic N) is 4. The normalized spacial score (nSPS) is 18.8. The summed E-state index contributed by atoms with van der Waals surface area (Å²) in [5, 5.41) is 8.07. The Kier molecular flexibility index (Phi) is 3.08. The van der Waals surface area contributed by atoms with Crippen molar-refractivity contribution in [1.82, 2.24) is 19.8 Å². The molecule has 1 atom stereocenters. The molecule has 1 aliphatic rings. The summed E-state index contributed by atoms with van der Waals surface area (Å²) >= 11 is 0. The van der Waals surface area contributed by atoms with Crippen LogP contribution in [-0.2, 0) is 7.05 Å². The van der Waals surface area contributed by atoms with Crippen molar-refractivity contribution in [3.05, 3.63) is 35.0 Å². The molecule has 0 saturated carbocycles. The van der Waals surface area contributed by atoms with E-state index in [9.17, 15) is 4.79 Å². The maximum atomic E-state index is 12.7. The molecule has 2 aromatic rings. The fraction of sp³-hybridized carbons (Fsp3) is 0.500. The highest BCUT2D eigenvalue weighted by molar-refractivity contribution is 5.93. The van der Waals surface area contributed by atoms with Gasteiger partial charge < -0.3 is 9.42 Å². The zero-order chi connectivity index (χ0) is 14.3. The Morgan fingerprint density at radius 1 is 1.45 bits per heavy atom. The molecule has 20 heavy (non-hydrogen) atoms. The number of aryl methyl sites for hydroxylation is 3. The number of hydrogen-bond acceptors (Lipinski definition) is 4. The maximum absolute atomic E-state index is 12.7. The molecule has 6 heteroatoms. The lowest BCUT2D eigenvalue weighted by molar-refractivity contribution is 0.0723. The minimum absolute atomic E-state index is 0.0208. The van der Waals surface area contributed by atoms with Crippen molar-refractivity contribution >= 4 is 5.91 Å². The van der Waals surface area contributed by atoms with Crippen LogP contribution in [0.4, 0.5) is 0 Å². The predicted molar refractivity (Wildman–Crippen MR) is 72.2 cm³/mol. The van der Waals surface area contributed by atoms with E-state index in [4.69, 9.17) is 4.52 Å². The average molecular weight is 274 g/mol. The summed E-state index contributed by atoms with van der Waals surface area (Å²) in [4.78, 5) is 14.6. The van der Waals surface area contributed by atoms with Crippen LogP contribution in [-0.4, -0.2) is 32.3 Å². The van der Waals surface area contributed by atoms with Crippen LogP contribution in [0.15, 0.2) is 16.8 Å². The fourth-order valence-corrected chi connectivity index (χ4v) is 3.01. The van der Waals surface area contributed by atoms with Gasteiger partial charge in [-0.25, -0.2) is 0 Å². The van der Waals surface area contributed by atoms with Crippen molar-refractivity contribution < 1.29 is 9.32 Å². The molecular weight excluding hydrogens is 256 g/mol. The Bertz CT molecular complexity index is 624. The number of amides is 1. The molecule has 3 rings (SSSR count). The topological polar surface area (TPSA) is 64.2 Å². The first-order valence-corrected chi connectivity index (χ1v) is 6.81. The van der Waals surface area contributed by atoms with Gasteiger partial charge >= 0.3 is 0 Å². The van der Waals surface area contributed by atoms with Crippen LogP contribution in [0, 0.1) is 13.8 Å². The van der Waals surface area contributed by atoms with Crippen molar-refractivity contribution in [2.24, 2.45) is 7.05 Å². The Labute approximate surface area is 117 Å². The molecule has 1 amide bonds. The summed E-state index contributed by atoms with van der Waals surface area (Å²) in [5.74, 6) is 0.824. The molecule has 0 radical (unpaired) electrons. The number of carbonyl (C=O) groups excluding carboxylic acids is 1. The molecule has 0 aliphatic carbocycles. The van der Waals surface area contributed by atoms with E-state index in [-0.39, 0.29) is 11.9 Å². The first-order valence-electron chi connectivity index (χ1n) is 6.81. The van der Waals surface area contributed by atoms with Gasteiger partial charge in [0.05, 0.1) is 11.7 Å². The highest BCUT2D eigenvalue weighted by atomic mass is 16.5. The van der Waals surface area contributed by atoms with E-state index in [2.05, 4.69) is 10.3 Å². The van der Waals surface area contributed by atoms with Crippen LogP contribution in [0.1, 0.15) is 46.4 Å². The molecular formula is C14H18N4O2. The molecule has 0 N–H and O–H groups in total. The van der Waals surface area contributed by atoms with E-state index < -0.39 is 0 Å². The third-order valence-electron chi connectivity index (χ3n) is 3.98. The van der Waals surface area contributed by atoms with E-state index in [1.165, 1.54) is 0 Å². The first kappa shape index (κ1) is 12.9. The molecule has 0 bridgehead atoms. The second kappa shape index (κ2) is 4.77. The van der Waals surface area contributed by atoms with Gasteiger partial charge in [0.2, 0.25) is 0 Å². The summed E-state index contributed by atoms with van der Waals surface area (Å²) in [6.07, 6.45) is 3.60. The van der Waals surface area contributed by atoms with E-state index in [1.807, 2.05) is 18.7 Å². The minimum atomic E-state index is 0.0208. The van der Waals surface area contributed by atoms with Gasteiger partial charge in [-0.3, -0.25) is 9.48 Å². The van der Waals surface area contributed by atoms with Crippen molar-refractivity contribution in [3.63, 3.8) is 0 Å². The van der Waals surface area contributed by atoms with Gasteiger partial charge in [-0.2, -0.15) is 5.10 Å². The lowest BCUT2D eigenvalue weighted by atomic mass is 10.0. The molecule has 0 unspecified atom stereocenters. The second-order valence-electron chi connectivity index (χ2n) is 5.23. The van der Waals surface area contributed by atoms with Gasteiger partial charge in [0.25, 0.3) is 5.91 Å². The Hall–Kier alpha value is -2.11. The summed E-state index contributed by atoms with van der Waals surface area (Å²) in [5.41, 5.74) is 2.54. The molecule has 3 heterocycles. The lowest BCUT2D eigenvalue weighted by Crippen LogP contribution is -2.32. The molecule has 1 fully saturated rings. The average Bonchev–Trinajstić information content (AvgIpc) is 3.10. The molecule has 106 valence electrons. The van der Waals surface area contributed by atoms with E-state index in [0.29, 0.717) is 5.69 Å². The van der Waals surface area contributed by atoms with Gasteiger partial charge in [-0.15, -0.1) is 0 Å². The molecule has 0 spiro atoms. The quantitative estimate of drug-likeness (QED) is 0.840. The Balaban J connectivity index is 1.94. The summed E-state index contributed by atoms with van der Waals surface area (Å²) in [6, 6.07) is 1.81. The predicted octanol–water partition coefficient (Wildman–Crippen LogP) is 2.00. The van der Waals surface area contributed by atoms with Gasteiger partial charge in [-0.05, 0) is 32.8 Å². The lowest BCUT2D eigenvalue weighted by Gasteiger charge is -2.24. The smallest absolute Gasteiger partial charge is 0.272 e. The molecule has 1 aliphatic heterocycles. The van der Waals surface area contributed by atoms with Crippen LogP contribution in [0.5, 0.6) is 0 Å². The number of carbonyl (C=O) groups is 1. The monoisotopic (exact) mass is 274 g/mol. The van der Waals surface area contributed by atoms with Crippen molar-refractivity contribution in [2.75, 3.05) is 6.54 Å². The number of rotatable bonds is 2. The number of likely N-dealkylation sites (tertiary alicyclic amines) is 1. The minimum Gasteiger partial charge on any atom is -0.361 e. The second-order valence-corrected chi connectivity index (χ2v) is 5.23. The highest BCUT2D eigenvalue weighted by Gasteiger charge is 2.35. The standard InChI is InChI=1S/C14H18N4O2/c1-9-13(10(2)20-16-9)11-5-4-8-18(11)14(19)12-6-7-15-17(12)3/h6-7,11H,4-5,8H2,1-3H3/t11-/m0/s1. The van der Waals surface area contributed by atoms with Gasteiger partial charge in [-0.1, -0.05) is 5.16 Å². The molecule has 2 aromatic heterocycles. The third-order valence-corrected chi connectivity index (χ3v) is 3.98. The third kappa shape index (κ3) is 1.92. The van der Waals surface area contributed by atoms with Gasteiger partial charge in [0, 0.05) is 25.4 Å². The largest absolute Gasteiger partial charge is 0.361 e. The van der Waals surface area contributed by atoms with Crippen molar-refractivity contribution in [1.29, 1.82) is 0 Å². The Morgan fingerprint density at radius 2 is 2.25 bits per heavy atom. The highest BCUT2D eigenvalue weighted by Crippen LogP contribution is 2.36. The summed E-state index contributed by atoms with van der Waals surface area (Å²) in [6.45, 7) is 4.59. The van der Waals surface area contributed by atoms with Crippen LogP contribution in [0.25, 0.3) is 0 Å². The van der Waals surface area contributed by atoms with Gasteiger partial charge in [0.1, 0.15) is 11.5 Å².